The molecule has 0 atom stereocenters. The number of carbonyl (C=O) groups excluding carboxylic acids is 1. The Morgan fingerprint density at radius 2 is 2.07 bits per heavy atom. The van der Waals surface area contributed by atoms with Gasteiger partial charge in [0.2, 0.25) is 0 Å². The van der Waals surface area contributed by atoms with E-state index in [2.05, 4.69) is 4.74 Å². The van der Waals surface area contributed by atoms with Crippen molar-refractivity contribution in [1.29, 1.82) is 0 Å². The number of aromatic hydroxyl groups is 2. The van der Waals surface area contributed by atoms with Crippen LogP contribution < -0.4 is 4.74 Å². The molecule has 0 bridgehead atoms. The minimum absolute atomic E-state index is 0.0323. The van der Waals surface area contributed by atoms with Gasteiger partial charge < -0.3 is 19.7 Å². The molecule has 5 nitrogen and oxygen atoms in total. The Morgan fingerprint density at radius 1 is 1.40 bits per heavy atom. The highest BCUT2D eigenvalue weighted by Gasteiger charge is 2.15. The third kappa shape index (κ3) is 2.60. The molecular formula is C10H12O5. The van der Waals surface area contributed by atoms with Crippen molar-refractivity contribution in [2.24, 2.45) is 0 Å². The van der Waals surface area contributed by atoms with Crippen LogP contribution in [0, 0.1) is 0 Å². The number of hydrogen-bond donors (Lipinski definition) is 2. The zero-order valence-electron chi connectivity index (χ0n) is 8.48. The molecule has 1 aromatic rings. The maximum absolute atomic E-state index is 11.2. The second kappa shape index (κ2) is 4.65. The van der Waals surface area contributed by atoms with E-state index in [9.17, 15) is 15.0 Å². The summed E-state index contributed by atoms with van der Waals surface area (Å²) < 4.78 is 9.71. The van der Waals surface area contributed by atoms with Gasteiger partial charge in [-0.15, -0.1) is 0 Å². The average Bonchev–Trinajstić information content (AvgIpc) is 2.12. The van der Waals surface area contributed by atoms with Gasteiger partial charge in [0, 0.05) is 19.2 Å². The molecule has 1 aromatic carbocycles. The molecule has 0 heterocycles. The zero-order valence-corrected chi connectivity index (χ0v) is 8.48. The van der Waals surface area contributed by atoms with Gasteiger partial charge in [-0.3, -0.25) is 4.79 Å². The number of ether oxygens (including phenoxy) is 2. The molecule has 0 spiro atoms. The lowest BCUT2D eigenvalue weighted by molar-refractivity contribution is 0.0500. The minimum Gasteiger partial charge on any atom is -0.508 e. The summed E-state index contributed by atoms with van der Waals surface area (Å²) in [7, 11) is 1.43. The van der Waals surface area contributed by atoms with Crippen molar-refractivity contribution >= 4 is 5.78 Å². The number of phenolic OH excluding ortho intramolecular Hbond substituents is 2. The quantitative estimate of drug-likeness (QED) is 0.580. The van der Waals surface area contributed by atoms with E-state index in [0.29, 0.717) is 0 Å². The number of phenols is 2. The van der Waals surface area contributed by atoms with Crippen molar-refractivity contribution in [2.75, 3.05) is 13.9 Å². The van der Waals surface area contributed by atoms with E-state index in [0.717, 1.165) is 6.07 Å². The zero-order chi connectivity index (χ0) is 11.4. The Balaban J connectivity index is 3.14. The van der Waals surface area contributed by atoms with Crippen LogP contribution in [0.5, 0.6) is 17.2 Å². The standard InChI is InChI=1S/C10H12O5/c1-6(11)10-8(13)3-7(12)4-9(10)15-5-14-2/h3-4,12-13H,5H2,1-2H3. The summed E-state index contributed by atoms with van der Waals surface area (Å²) in [5.41, 5.74) is 0.0323. The van der Waals surface area contributed by atoms with Crippen molar-refractivity contribution in [3.63, 3.8) is 0 Å². The van der Waals surface area contributed by atoms with Gasteiger partial charge >= 0.3 is 0 Å². The van der Waals surface area contributed by atoms with Crippen molar-refractivity contribution in [1.82, 2.24) is 0 Å². The number of carbonyl (C=O) groups is 1. The summed E-state index contributed by atoms with van der Waals surface area (Å²) in [4.78, 5) is 11.2. The highest BCUT2D eigenvalue weighted by Crippen LogP contribution is 2.33. The Kier molecular flexibility index (Phi) is 3.51. The lowest BCUT2D eigenvalue weighted by Crippen LogP contribution is -2.04. The summed E-state index contributed by atoms with van der Waals surface area (Å²) in [5, 5.41) is 18.6. The van der Waals surface area contributed by atoms with Crippen LogP contribution in [-0.2, 0) is 4.74 Å². The predicted molar refractivity (Wildman–Crippen MR) is 52.3 cm³/mol. The molecule has 0 saturated carbocycles. The van der Waals surface area contributed by atoms with Gasteiger partial charge in [-0.2, -0.15) is 0 Å². The van der Waals surface area contributed by atoms with Crippen LogP contribution in [0.15, 0.2) is 12.1 Å². The van der Waals surface area contributed by atoms with E-state index in [1.165, 1.54) is 20.1 Å². The van der Waals surface area contributed by atoms with E-state index in [1.54, 1.807) is 0 Å². The van der Waals surface area contributed by atoms with E-state index < -0.39 is 0 Å². The molecule has 82 valence electrons. The van der Waals surface area contributed by atoms with E-state index in [4.69, 9.17) is 4.74 Å². The molecule has 0 saturated heterocycles. The topological polar surface area (TPSA) is 76.0 Å². The number of hydrogen-bond acceptors (Lipinski definition) is 5. The first kappa shape index (κ1) is 11.3. The van der Waals surface area contributed by atoms with Crippen molar-refractivity contribution in [3.05, 3.63) is 17.7 Å². The first-order valence-corrected chi connectivity index (χ1v) is 4.25. The van der Waals surface area contributed by atoms with Gasteiger partial charge in [0.25, 0.3) is 0 Å². The molecule has 1 rings (SSSR count). The van der Waals surface area contributed by atoms with Crippen LogP contribution in [0.4, 0.5) is 0 Å². The first-order valence-electron chi connectivity index (χ1n) is 4.25. The smallest absolute Gasteiger partial charge is 0.188 e. The van der Waals surface area contributed by atoms with Gasteiger partial charge in [0.1, 0.15) is 22.8 Å². The van der Waals surface area contributed by atoms with Crippen LogP contribution in [-0.4, -0.2) is 29.9 Å². The number of ketones is 1. The third-order valence-electron chi connectivity index (χ3n) is 1.75. The van der Waals surface area contributed by atoms with E-state index in [1.807, 2.05) is 0 Å². The molecule has 0 aliphatic rings. The maximum atomic E-state index is 11.2. The van der Waals surface area contributed by atoms with Crippen LogP contribution in [0.2, 0.25) is 0 Å². The second-order valence-electron chi connectivity index (χ2n) is 2.95. The summed E-state index contributed by atoms with van der Waals surface area (Å²) in [5.74, 6) is -0.738. The van der Waals surface area contributed by atoms with Crippen LogP contribution >= 0.6 is 0 Å². The van der Waals surface area contributed by atoms with Gasteiger partial charge in [0.05, 0.1) is 0 Å². The molecule has 0 aliphatic heterocycles. The summed E-state index contributed by atoms with van der Waals surface area (Å²) in [6, 6.07) is 2.33. The monoisotopic (exact) mass is 212 g/mol. The van der Waals surface area contributed by atoms with Crippen molar-refractivity contribution in [3.8, 4) is 17.2 Å². The Bertz CT molecular complexity index is 372. The minimum atomic E-state index is -0.349. The highest BCUT2D eigenvalue weighted by atomic mass is 16.7. The van der Waals surface area contributed by atoms with E-state index >= 15 is 0 Å². The average molecular weight is 212 g/mol. The highest BCUT2D eigenvalue weighted by molar-refractivity contribution is 5.99. The molecule has 0 unspecified atom stereocenters. The lowest BCUT2D eigenvalue weighted by atomic mass is 10.1. The van der Waals surface area contributed by atoms with Gasteiger partial charge in [0.15, 0.2) is 12.6 Å². The fourth-order valence-electron chi connectivity index (χ4n) is 1.18. The molecule has 2 N–H and O–H groups in total. The van der Waals surface area contributed by atoms with Crippen molar-refractivity contribution in [2.45, 2.75) is 6.92 Å². The van der Waals surface area contributed by atoms with Gasteiger partial charge in [-0.1, -0.05) is 0 Å². The predicted octanol–water partition coefficient (Wildman–Crippen LogP) is 1.28. The Morgan fingerprint density at radius 3 is 2.60 bits per heavy atom. The molecular weight excluding hydrogens is 200 g/mol. The van der Waals surface area contributed by atoms with E-state index in [-0.39, 0.29) is 35.4 Å². The van der Waals surface area contributed by atoms with Crippen LogP contribution in [0.25, 0.3) is 0 Å². The fraction of sp³-hybridized carbons (Fsp3) is 0.300. The van der Waals surface area contributed by atoms with Gasteiger partial charge in [-0.25, -0.2) is 0 Å². The SMILES string of the molecule is COCOc1cc(O)cc(O)c1C(C)=O. The number of benzene rings is 1. The van der Waals surface area contributed by atoms with Gasteiger partial charge in [-0.05, 0) is 6.92 Å². The Hall–Kier alpha value is -1.75. The summed E-state index contributed by atoms with van der Waals surface area (Å²) >= 11 is 0. The second-order valence-corrected chi connectivity index (χ2v) is 2.95. The summed E-state index contributed by atoms with van der Waals surface area (Å²) in [6.07, 6.45) is 0. The molecule has 0 amide bonds. The molecule has 5 heteroatoms. The largest absolute Gasteiger partial charge is 0.508 e. The van der Waals surface area contributed by atoms with Crippen molar-refractivity contribution < 1.29 is 24.5 Å². The van der Waals surface area contributed by atoms with Crippen LogP contribution in [0.3, 0.4) is 0 Å². The maximum Gasteiger partial charge on any atom is 0.188 e. The molecule has 0 aromatic heterocycles. The molecule has 0 aliphatic carbocycles. The lowest BCUT2D eigenvalue weighted by Gasteiger charge is -2.10. The normalized spacial score (nSPS) is 10.0. The Labute approximate surface area is 86.9 Å². The number of methoxy groups -OCH3 is 1. The number of Topliss-reactive ketones (excluding diaryl/α,β-unsaturated/α-hetero) is 1. The molecule has 0 radical (unpaired) electrons. The number of rotatable bonds is 4. The van der Waals surface area contributed by atoms with Crippen LogP contribution in [0.1, 0.15) is 17.3 Å². The first-order chi connectivity index (χ1) is 7.06. The molecule has 0 fully saturated rings. The summed E-state index contributed by atoms with van der Waals surface area (Å²) in [6.45, 7) is 1.23. The molecule has 15 heavy (non-hydrogen) atoms. The fourth-order valence-corrected chi connectivity index (χ4v) is 1.18. The third-order valence-corrected chi connectivity index (χ3v) is 1.75.